The Morgan fingerprint density at radius 1 is 1.41 bits per heavy atom. The summed E-state index contributed by atoms with van der Waals surface area (Å²) in [4.78, 5) is 18.8. The van der Waals surface area contributed by atoms with E-state index in [0.717, 1.165) is 5.69 Å². The monoisotopic (exact) mass is 239 g/mol. The maximum absolute atomic E-state index is 11.8. The van der Waals surface area contributed by atoms with Crippen LogP contribution in [0, 0.1) is 19.8 Å². The van der Waals surface area contributed by atoms with Crippen molar-refractivity contribution < 1.29 is 5.11 Å². The van der Waals surface area contributed by atoms with Crippen LogP contribution in [0.15, 0.2) is 4.79 Å². The Hall–Kier alpha value is -1.20. The molecule has 0 aliphatic rings. The van der Waals surface area contributed by atoms with Crippen molar-refractivity contribution in [2.45, 2.75) is 33.7 Å². The Labute approximate surface area is 101 Å². The molecule has 0 fully saturated rings. The van der Waals surface area contributed by atoms with E-state index < -0.39 is 0 Å². The first kappa shape index (κ1) is 13.9. The third-order valence-electron chi connectivity index (χ3n) is 2.78. The van der Waals surface area contributed by atoms with Gasteiger partial charge >= 0.3 is 0 Å². The molecule has 1 aromatic rings. The van der Waals surface area contributed by atoms with E-state index in [1.165, 1.54) is 0 Å². The number of aromatic amines is 1. The van der Waals surface area contributed by atoms with Crippen molar-refractivity contribution >= 4 is 0 Å². The second kappa shape index (κ2) is 5.93. The summed E-state index contributed by atoms with van der Waals surface area (Å²) >= 11 is 0. The van der Waals surface area contributed by atoms with Crippen molar-refractivity contribution in [2.75, 3.05) is 13.2 Å². The van der Waals surface area contributed by atoms with E-state index in [9.17, 15) is 4.79 Å². The lowest BCUT2D eigenvalue weighted by atomic mass is 10.1. The van der Waals surface area contributed by atoms with E-state index in [1.807, 2.05) is 20.8 Å². The summed E-state index contributed by atoms with van der Waals surface area (Å²) in [5.74, 6) is 0.808. The summed E-state index contributed by atoms with van der Waals surface area (Å²) in [5.41, 5.74) is 1.33. The molecule has 0 saturated heterocycles. The molecule has 0 saturated carbocycles. The minimum atomic E-state index is -0.0911. The second-order valence-corrected chi connectivity index (χ2v) is 4.57. The zero-order chi connectivity index (χ0) is 13.0. The molecule has 0 radical (unpaired) electrons. The summed E-state index contributed by atoms with van der Waals surface area (Å²) in [6, 6.07) is -0.0687. The first-order valence-electron chi connectivity index (χ1n) is 5.87. The van der Waals surface area contributed by atoms with Gasteiger partial charge in [0.1, 0.15) is 5.82 Å². The fourth-order valence-electron chi connectivity index (χ4n) is 1.79. The highest BCUT2D eigenvalue weighted by Crippen LogP contribution is 2.10. The van der Waals surface area contributed by atoms with Gasteiger partial charge in [-0.15, -0.1) is 0 Å². The van der Waals surface area contributed by atoms with Crippen LogP contribution in [0.4, 0.5) is 0 Å². The van der Waals surface area contributed by atoms with Crippen molar-refractivity contribution in [3.05, 3.63) is 27.4 Å². The van der Waals surface area contributed by atoms with Crippen molar-refractivity contribution in [1.29, 1.82) is 0 Å². The molecular formula is C12H21N3O2. The van der Waals surface area contributed by atoms with Crippen molar-refractivity contribution in [3.8, 4) is 0 Å². The highest BCUT2D eigenvalue weighted by atomic mass is 16.3. The Morgan fingerprint density at radius 3 is 2.59 bits per heavy atom. The molecule has 1 heterocycles. The average molecular weight is 239 g/mol. The zero-order valence-electron chi connectivity index (χ0n) is 10.9. The lowest BCUT2D eigenvalue weighted by Crippen LogP contribution is -2.31. The van der Waals surface area contributed by atoms with Gasteiger partial charge in [-0.1, -0.05) is 6.92 Å². The highest BCUT2D eigenvalue weighted by molar-refractivity contribution is 5.19. The van der Waals surface area contributed by atoms with Crippen LogP contribution in [0.3, 0.4) is 0 Å². The molecule has 5 nitrogen and oxygen atoms in total. The minimum absolute atomic E-state index is 0.0687. The highest BCUT2D eigenvalue weighted by Gasteiger charge is 2.14. The quantitative estimate of drug-likeness (QED) is 0.705. The van der Waals surface area contributed by atoms with Crippen LogP contribution in [0.1, 0.15) is 37.0 Å². The first-order valence-corrected chi connectivity index (χ1v) is 5.87. The molecule has 0 bridgehead atoms. The molecule has 0 amide bonds. The van der Waals surface area contributed by atoms with E-state index in [1.54, 1.807) is 6.92 Å². The van der Waals surface area contributed by atoms with Gasteiger partial charge in [-0.25, -0.2) is 4.98 Å². The van der Waals surface area contributed by atoms with E-state index in [4.69, 9.17) is 5.11 Å². The maximum Gasteiger partial charge on any atom is 0.255 e. The molecular weight excluding hydrogens is 218 g/mol. The summed E-state index contributed by atoms with van der Waals surface area (Å²) in [5, 5.41) is 12.2. The van der Waals surface area contributed by atoms with E-state index >= 15 is 0 Å². The Morgan fingerprint density at radius 2 is 2.06 bits per heavy atom. The van der Waals surface area contributed by atoms with Crippen LogP contribution in [-0.2, 0) is 0 Å². The number of aliphatic hydroxyl groups is 1. The maximum atomic E-state index is 11.8. The summed E-state index contributed by atoms with van der Waals surface area (Å²) in [6.07, 6.45) is 0. The molecule has 17 heavy (non-hydrogen) atoms. The molecule has 0 aliphatic heterocycles. The third-order valence-corrected chi connectivity index (χ3v) is 2.78. The second-order valence-electron chi connectivity index (χ2n) is 4.57. The number of rotatable bonds is 5. The van der Waals surface area contributed by atoms with Gasteiger partial charge in [0.2, 0.25) is 0 Å². The molecule has 0 spiro atoms. The van der Waals surface area contributed by atoms with Crippen molar-refractivity contribution in [2.24, 2.45) is 5.92 Å². The summed E-state index contributed by atoms with van der Waals surface area (Å²) in [7, 11) is 0. The van der Waals surface area contributed by atoms with Gasteiger partial charge in [0.15, 0.2) is 0 Å². The minimum Gasteiger partial charge on any atom is -0.396 e. The van der Waals surface area contributed by atoms with Crippen LogP contribution in [0.25, 0.3) is 0 Å². The number of aryl methyl sites for hydroxylation is 2. The van der Waals surface area contributed by atoms with E-state index in [0.29, 0.717) is 17.9 Å². The zero-order valence-corrected chi connectivity index (χ0v) is 10.9. The molecule has 96 valence electrons. The Bertz CT molecular complexity index is 428. The van der Waals surface area contributed by atoms with Gasteiger partial charge in [-0.05, 0) is 26.7 Å². The normalized spacial score (nSPS) is 14.6. The van der Waals surface area contributed by atoms with Crippen molar-refractivity contribution in [1.82, 2.24) is 15.3 Å². The molecule has 3 N–H and O–H groups in total. The molecule has 5 heteroatoms. The van der Waals surface area contributed by atoms with Gasteiger partial charge in [0.05, 0.1) is 5.56 Å². The van der Waals surface area contributed by atoms with Gasteiger partial charge in [0.25, 0.3) is 5.56 Å². The number of H-pyrrole nitrogens is 1. The molecule has 0 aliphatic carbocycles. The predicted molar refractivity (Wildman–Crippen MR) is 67.0 cm³/mol. The molecule has 2 unspecified atom stereocenters. The van der Waals surface area contributed by atoms with Crippen LogP contribution in [-0.4, -0.2) is 28.2 Å². The Kier molecular flexibility index (Phi) is 4.84. The Balaban J connectivity index is 2.82. The fraction of sp³-hybridized carbons (Fsp3) is 0.667. The first-order chi connectivity index (χ1) is 7.95. The van der Waals surface area contributed by atoms with Crippen molar-refractivity contribution in [3.63, 3.8) is 0 Å². The third kappa shape index (κ3) is 3.64. The van der Waals surface area contributed by atoms with Crippen LogP contribution in [0.2, 0.25) is 0 Å². The van der Waals surface area contributed by atoms with Crippen LogP contribution < -0.4 is 10.9 Å². The lowest BCUT2D eigenvalue weighted by molar-refractivity contribution is 0.231. The van der Waals surface area contributed by atoms with Gasteiger partial charge in [-0.2, -0.15) is 0 Å². The van der Waals surface area contributed by atoms with E-state index in [2.05, 4.69) is 15.3 Å². The summed E-state index contributed by atoms with van der Waals surface area (Å²) in [6.45, 7) is 8.30. The largest absolute Gasteiger partial charge is 0.396 e. The summed E-state index contributed by atoms with van der Waals surface area (Å²) < 4.78 is 0. The van der Waals surface area contributed by atoms with E-state index in [-0.39, 0.29) is 24.1 Å². The predicted octanol–water partition coefficient (Wildman–Crippen LogP) is 0.666. The van der Waals surface area contributed by atoms with Gasteiger partial charge in [-0.3, -0.25) is 4.79 Å². The SMILES string of the molecule is Cc1nc(C)c(C(C)NCC(C)CO)c(=O)[nH]1. The smallest absolute Gasteiger partial charge is 0.255 e. The molecule has 2 atom stereocenters. The van der Waals surface area contributed by atoms with Gasteiger partial charge < -0.3 is 15.4 Å². The number of nitrogens with zero attached hydrogens (tertiary/aromatic N) is 1. The van der Waals surface area contributed by atoms with Crippen LogP contribution in [0.5, 0.6) is 0 Å². The molecule has 1 aromatic heterocycles. The number of aliphatic hydroxyl groups excluding tert-OH is 1. The fourth-order valence-corrected chi connectivity index (χ4v) is 1.79. The van der Waals surface area contributed by atoms with Crippen LogP contribution >= 0.6 is 0 Å². The lowest BCUT2D eigenvalue weighted by Gasteiger charge is -2.17. The number of hydrogen-bond acceptors (Lipinski definition) is 4. The topological polar surface area (TPSA) is 78.0 Å². The standard InChI is InChI=1S/C12H21N3O2/c1-7(6-16)5-13-8(2)11-9(3)14-10(4)15-12(11)17/h7-8,13,16H,5-6H2,1-4H3,(H,14,15,17). The van der Waals surface area contributed by atoms with Gasteiger partial charge in [0, 0.05) is 24.9 Å². The molecule has 1 rings (SSSR count). The average Bonchev–Trinajstić information content (AvgIpc) is 2.24. The molecule has 0 aromatic carbocycles. The number of aromatic nitrogens is 2. The number of hydrogen-bond donors (Lipinski definition) is 3. The number of nitrogens with one attached hydrogen (secondary N) is 2.